The Morgan fingerprint density at radius 1 is 1.33 bits per heavy atom. The highest BCUT2D eigenvalue weighted by Gasteiger charge is 2.40. The van der Waals surface area contributed by atoms with Crippen molar-refractivity contribution in [2.24, 2.45) is 0 Å². The molecule has 0 aromatic heterocycles. The van der Waals surface area contributed by atoms with Gasteiger partial charge in [0, 0.05) is 12.1 Å². The Morgan fingerprint density at radius 2 is 1.95 bits per heavy atom. The van der Waals surface area contributed by atoms with E-state index in [1.807, 2.05) is 49.9 Å². The van der Waals surface area contributed by atoms with Crippen LogP contribution < -0.4 is 5.32 Å². The van der Waals surface area contributed by atoms with E-state index in [0.717, 1.165) is 12.0 Å². The Bertz CT molecular complexity index is 502. The number of halogens is 1. The minimum absolute atomic E-state index is 0.127. The van der Waals surface area contributed by atoms with Gasteiger partial charge in [-0.1, -0.05) is 30.7 Å². The van der Waals surface area contributed by atoms with E-state index >= 15 is 0 Å². The minimum atomic E-state index is -0.384. The summed E-state index contributed by atoms with van der Waals surface area (Å²) in [5.74, 6) is 0.127. The summed E-state index contributed by atoms with van der Waals surface area (Å²) in [7, 11) is 1.67. The first kappa shape index (κ1) is 16.3. The first-order valence-corrected chi connectivity index (χ1v) is 7.63. The smallest absolute Gasteiger partial charge is 0.241 e. The van der Waals surface area contributed by atoms with Crippen LogP contribution in [0.25, 0.3) is 0 Å². The maximum atomic E-state index is 12.6. The monoisotopic (exact) mass is 310 g/mol. The standard InChI is InChI=1S/C16H23ClN2O2/c1-5-13-15(20)19(10-16(2,3)21-4)14(18-13)11-6-8-12(17)9-7-11/h6-9,13-14,18H,5,10H2,1-4H3. The normalized spacial score (nSPS) is 22.9. The summed E-state index contributed by atoms with van der Waals surface area (Å²) in [5, 5.41) is 4.09. The number of hydrogen-bond donors (Lipinski definition) is 1. The highest BCUT2D eigenvalue weighted by Crippen LogP contribution is 2.29. The average molecular weight is 311 g/mol. The minimum Gasteiger partial charge on any atom is -0.377 e. The zero-order valence-electron chi connectivity index (χ0n) is 13.0. The van der Waals surface area contributed by atoms with Gasteiger partial charge in [0.15, 0.2) is 0 Å². The predicted molar refractivity (Wildman–Crippen MR) is 84.2 cm³/mol. The van der Waals surface area contributed by atoms with Crippen LogP contribution in [0.3, 0.4) is 0 Å². The maximum absolute atomic E-state index is 12.6. The Hall–Kier alpha value is -1.10. The van der Waals surface area contributed by atoms with Crippen molar-refractivity contribution in [2.45, 2.75) is 45.0 Å². The topological polar surface area (TPSA) is 41.6 Å². The van der Waals surface area contributed by atoms with Gasteiger partial charge in [0.1, 0.15) is 6.17 Å². The second kappa shape index (κ2) is 6.34. The summed E-state index contributed by atoms with van der Waals surface area (Å²) >= 11 is 5.95. The molecule has 21 heavy (non-hydrogen) atoms. The molecule has 0 saturated carbocycles. The van der Waals surface area contributed by atoms with Gasteiger partial charge in [-0.2, -0.15) is 0 Å². The summed E-state index contributed by atoms with van der Waals surface area (Å²) in [6.45, 7) is 6.52. The molecule has 1 saturated heterocycles. The number of methoxy groups -OCH3 is 1. The summed E-state index contributed by atoms with van der Waals surface area (Å²) in [6, 6.07) is 7.47. The van der Waals surface area contributed by atoms with Gasteiger partial charge < -0.3 is 9.64 Å². The van der Waals surface area contributed by atoms with E-state index in [-0.39, 0.29) is 23.7 Å². The van der Waals surface area contributed by atoms with Crippen LogP contribution in [0.1, 0.15) is 38.9 Å². The van der Waals surface area contributed by atoms with Gasteiger partial charge in [-0.15, -0.1) is 0 Å². The van der Waals surface area contributed by atoms with Crippen LogP contribution in [0.2, 0.25) is 5.02 Å². The summed E-state index contributed by atoms with van der Waals surface area (Å²) in [5.41, 5.74) is 0.653. The Labute approximate surface area is 131 Å². The number of benzene rings is 1. The lowest BCUT2D eigenvalue weighted by Crippen LogP contribution is -2.43. The van der Waals surface area contributed by atoms with Gasteiger partial charge >= 0.3 is 0 Å². The fourth-order valence-electron chi connectivity index (χ4n) is 2.54. The molecule has 2 atom stereocenters. The molecule has 1 aliphatic heterocycles. The van der Waals surface area contributed by atoms with Crippen molar-refractivity contribution >= 4 is 17.5 Å². The van der Waals surface area contributed by atoms with Crippen LogP contribution in [-0.2, 0) is 9.53 Å². The molecule has 1 aliphatic rings. The van der Waals surface area contributed by atoms with Crippen molar-refractivity contribution in [1.82, 2.24) is 10.2 Å². The quantitative estimate of drug-likeness (QED) is 0.909. The largest absolute Gasteiger partial charge is 0.377 e. The second-order valence-electron chi connectivity index (χ2n) is 6.01. The molecule has 0 aliphatic carbocycles. The molecule has 2 rings (SSSR count). The number of carbonyl (C=O) groups is 1. The number of amides is 1. The zero-order valence-corrected chi connectivity index (χ0v) is 13.8. The van der Waals surface area contributed by atoms with Crippen LogP contribution in [-0.4, -0.2) is 36.1 Å². The van der Waals surface area contributed by atoms with Crippen molar-refractivity contribution in [3.05, 3.63) is 34.9 Å². The Balaban J connectivity index is 2.28. The van der Waals surface area contributed by atoms with Gasteiger partial charge in [0.2, 0.25) is 5.91 Å². The molecule has 1 amide bonds. The van der Waals surface area contributed by atoms with Crippen LogP contribution in [0.15, 0.2) is 24.3 Å². The van der Waals surface area contributed by atoms with Crippen LogP contribution in [0.5, 0.6) is 0 Å². The summed E-state index contributed by atoms with van der Waals surface area (Å²) < 4.78 is 5.48. The summed E-state index contributed by atoms with van der Waals surface area (Å²) in [6.07, 6.45) is 0.640. The van der Waals surface area contributed by atoms with E-state index in [1.54, 1.807) is 7.11 Å². The lowest BCUT2D eigenvalue weighted by atomic mass is 10.1. The highest BCUT2D eigenvalue weighted by atomic mass is 35.5. The Morgan fingerprint density at radius 3 is 2.48 bits per heavy atom. The molecule has 4 nitrogen and oxygen atoms in total. The number of hydrogen-bond acceptors (Lipinski definition) is 3. The van der Waals surface area contributed by atoms with Crippen LogP contribution >= 0.6 is 11.6 Å². The number of nitrogens with one attached hydrogen (secondary N) is 1. The van der Waals surface area contributed by atoms with E-state index in [9.17, 15) is 4.79 Å². The molecular weight excluding hydrogens is 288 g/mol. The van der Waals surface area contributed by atoms with Gasteiger partial charge in [0.05, 0.1) is 18.2 Å². The fraction of sp³-hybridized carbons (Fsp3) is 0.562. The second-order valence-corrected chi connectivity index (χ2v) is 6.45. The van der Waals surface area contributed by atoms with E-state index < -0.39 is 0 Å². The third-order valence-corrected chi connectivity index (χ3v) is 4.20. The lowest BCUT2D eigenvalue weighted by Gasteiger charge is -2.32. The zero-order chi connectivity index (χ0) is 15.6. The molecule has 0 bridgehead atoms. The molecule has 1 fully saturated rings. The lowest BCUT2D eigenvalue weighted by molar-refractivity contribution is -0.133. The molecule has 5 heteroatoms. The molecule has 2 unspecified atom stereocenters. The van der Waals surface area contributed by atoms with E-state index in [2.05, 4.69) is 5.32 Å². The van der Waals surface area contributed by atoms with Crippen molar-refractivity contribution in [1.29, 1.82) is 0 Å². The fourth-order valence-corrected chi connectivity index (χ4v) is 2.66. The molecule has 116 valence electrons. The van der Waals surface area contributed by atoms with Crippen LogP contribution in [0, 0.1) is 0 Å². The average Bonchev–Trinajstić information content (AvgIpc) is 2.76. The van der Waals surface area contributed by atoms with Gasteiger partial charge in [-0.3, -0.25) is 10.1 Å². The molecule has 1 aromatic rings. The number of ether oxygens (including phenoxy) is 1. The maximum Gasteiger partial charge on any atom is 0.241 e. The molecule has 1 aromatic carbocycles. The van der Waals surface area contributed by atoms with E-state index in [0.29, 0.717) is 11.6 Å². The highest BCUT2D eigenvalue weighted by molar-refractivity contribution is 6.30. The third kappa shape index (κ3) is 3.57. The SMILES string of the molecule is CCC1NC(c2ccc(Cl)cc2)N(CC(C)(C)OC)C1=O. The predicted octanol–water partition coefficient (Wildman–Crippen LogP) is 2.97. The first-order chi connectivity index (χ1) is 9.88. The molecule has 1 heterocycles. The van der Waals surface area contributed by atoms with Crippen LogP contribution in [0.4, 0.5) is 0 Å². The molecule has 0 radical (unpaired) electrons. The van der Waals surface area contributed by atoms with Gasteiger partial charge in [-0.05, 0) is 38.0 Å². The third-order valence-electron chi connectivity index (χ3n) is 3.95. The van der Waals surface area contributed by atoms with E-state index in [4.69, 9.17) is 16.3 Å². The van der Waals surface area contributed by atoms with Gasteiger partial charge in [0.25, 0.3) is 0 Å². The van der Waals surface area contributed by atoms with E-state index in [1.165, 1.54) is 0 Å². The number of rotatable bonds is 5. The van der Waals surface area contributed by atoms with Crippen molar-refractivity contribution in [2.75, 3.05) is 13.7 Å². The number of carbonyl (C=O) groups excluding carboxylic acids is 1. The van der Waals surface area contributed by atoms with Crippen molar-refractivity contribution < 1.29 is 9.53 Å². The van der Waals surface area contributed by atoms with Crippen molar-refractivity contribution in [3.8, 4) is 0 Å². The Kier molecular flexibility index (Phi) is 4.91. The first-order valence-electron chi connectivity index (χ1n) is 7.25. The van der Waals surface area contributed by atoms with Gasteiger partial charge in [-0.25, -0.2) is 0 Å². The summed E-state index contributed by atoms with van der Waals surface area (Å²) in [4.78, 5) is 14.4. The van der Waals surface area contributed by atoms with Crippen molar-refractivity contribution in [3.63, 3.8) is 0 Å². The number of nitrogens with zero attached hydrogens (tertiary/aromatic N) is 1. The molecule has 1 N–H and O–H groups in total. The molecule has 0 spiro atoms. The molecular formula is C16H23ClN2O2.